The van der Waals surface area contributed by atoms with Gasteiger partial charge in [-0.15, -0.1) is 11.3 Å². The summed E-state index contributed by atoms with van der Waals surface area (Å²) in [7, 11) is 0. The van der Waals surface area contributed by atoms with E-state index in [1.54, 1.807) is 28.4 Å². The van der Waals surface area contributed by atoms with Gasteiger partial charge < -0.3 is 10.2 Å². The molecule has 1 aliphatic heterocycles. The second kappa shape index (κ2) is 8.40. The summed E-state index contributed by atoms with van der Waals surface area (Å²) < 4.78 is 13.4. The number of aromatic nitrogens is 1. The molecule has 1 N–H and O–H groups in total. The summed E-state index contributed by atoms with van der Waals surface area (Å²) in [6.45, 7) is 3.37. The van der Waals surface area contributed by atoms with Crippen LogP contribution in [0.4, 0.5) is 4.39 Å². The number of likely N-dealkylation sites (tertiary alicyclic amines) is 1. The van der Waals surface area contributed by atoms with Gasteiger partial charge in [0, 0.05) is 49.8 Å². The van der Waals surface area contributed by atoms with Crippen molar-refractivity contribution < 1.29 is 14.0 Å². The van der Waals surface area contributed by atoms with Crippen LogP contribution in [-0.4, -0.2) is 41.3 Å². The van der Waals surface area contributed by atoms with Crippen LogP contribution in [0.2, 0.25) is 0 Å². The molecule has 2 aromatic rings. The van der Waals surface area contributed by atoms with Gasteiger partial charge in [0.15, 0.2) is 0 Å². The van der Waals surface area contributed by atoms with Crippen molar-refractivity contribution in [3.63, 3.8) is 0 Å². The van der Waals surface area contributed by atoms with Gasteiger partial charge in [-0.05, 0) is 31.0 Å². The summed E-state index contributed by atoms with van der Waals surface area (Å²) in [5.74, 6) is -0.357. The summed E-state index contributed by atoms with van der Waals surface area (Å²) in [6, 6.07) is 5.84. The molecule has 1 aromatic heterocycles. The highest BCUT2D eigenvalue weighted by Crippen LogP contribution is 2.30. The maximum atomic E-state index is 13.4. The first-order valence-corrected chi connectivity index (χ1v) is 9.64. The number of halogens is 1. The Balaban J connectivity index is 1.62. The van der Waals surface area contributed by atoms with Crippen LogP contribution in [0.1, 0.15) is 46.7 Å². The van der Waals surface area contributed by atoms with E-state index in [2.05, 4.69) is 10.3 Å². The molecule has 0 unspecified atom stereocenters. The van der Waals surface area contributed by atoms with Gasteiger partial charge in [0.1, 0.15) is 5.82 Å². The van der Waals surface area contributed by atoms with Crippen molar-refractivity contribution >= 4 is 23.2 Å². The van der Waals surface area contributed by atoms with Gasteiger partial charge in [0.2, 0.25) is 5.91 Å². The highest BCUT2D eigenvalue weighted by molar-refractivity contribution is 7.09. The third kappa shape index (κ3) is 4.66. The highest BCUT2D eigenvalue weighted by Gasteiger charge is 2.27. The molecule has 0 radical (unpaired) electrons. The predicted molar refractivity (Wildman–Crippen MR) is 98.8 cm³/mol. The lowest BCUT2D eigenvalue weighted by atomic mass is 9.98. The van der Waals surface area contributed by atoms with E-state index in [-0.39, 0.29) is 17.7 Å². The molecule has 26 heavy (non-hydrogen) atoms. The van der Waals surface area contributed by atoms with Crippen molar-refractivity contribution in [2.24, 2.45) is 0 Å². The third-order valence-corrected chi connectivity index (χ3v) is 5.51. The fourth-order valence-corrected chi connectivity index (χ4v) is 4.14. The standard InChI is InChI=1S/C19H22FN3O2S/c1-13(24)21-8-7-17-12-26-18(22-17)15-5-3-9-23(11-15)19(25)14-4-2-6-16(20)10-14/h2,4,6,10,12,15H,3,5,7-9,11H2,1H3,(H,21,24)/t15-/m1/s1. The molecular weight excluding hydrogens is 353 g/mol. The predicted octanol–water partition coefficient (Wildman–Crippen LogP) is 2.98. The van der Waals surface area contributed by atoms with Crippen molar-refractivity contribution in [1.82, 2.24) is 15.2 Å². The number of benzene rings is 1. The van der Waals surface area contributed by atoms with E-state index in [1.165, 1.54) is 19.1 Å². The molecule has 138 valence electrons. The van der Waals surface area contributed by atoms with E-state index in [0.717, 1.165) is 23.5 Å². The molecule has 5 nitrogen and oxygen atoms in total. The minimum atomic E-state index is -0.395. The monoisotopic (exact) mass is 375 g/mol. The van der Waals surface area contributed by atoms with E-state index >= 15 is 0 Å². The fourth-order valence-electron chi connectivity index (χ4n) is 3.16. The largest absolute Gasteiger partial charge is 0.356 e. The number of nitrogens with one attached hydrogen (secondary N) is 1. The minimum Gasteiger partial charge on any atom is -0.356 e. The lowest BCUT2D eigenvalue weighted by Gasteiger charge is -2.32. The van der Waals surface area contributed by atoms with Crippen molar-refractivity contribution in [2.75, 3.05) is 19.6 Å². The summed E-state index contributed by atoms with van der Waals surface area (Å²) >= 11 is 1.61. The van der Waals surface area contributed by atoms with Gasteiger partial charge >= 0.3 is 0 Å². The highest BCUT2D eigenvalue weighted by atomic mass is 32.1. The Morgan fingerprint density at radius 1 is 1.42 bits per heavy atom. The summed E-state index contributed by atoms with van der Waals surface area (Å²) in [4.78, 5) is 30.0. The zero-order valence-corrected chi connectivity index (χ0v) is 15.5. The summed E-state index contributed by atoms with van der Waals surface area (Å²) in [5.41, 5.74) is 1.35. The molecule has 1 aliphatic rings. The van der Waals surface area contributed by atoms with Crippen molar-refractivity contribution in [2.45, 2.75) is 32.1 Å². The molecule has 1 aromatic carbocycles. The maximum absolute atomic E-state index is 13.4. The molecule has 7 heteroatoms. The number of piperidine rings is 1. The number of carbonyl (C=O) groups excluding carboxylic acids is 2. The van der Waals surface area contributed by atoms with Crippen LogP contribution in [0, 0.1) is 5.82 Å². The minimum absolute atomic E-state index is 0.0424. The Labute approximate surface area is 156 Å². The molecule has 1 atom stereocenters. The zero-order chi connectivity index (χ0) is 18.5. The Morgan fingerprint density at radius 3 is 3.04 bits per heavy atom. The SMILES string of the molecule is CC(=O)NCCc1csc([C@@H]2CCCN(C(=O)c3cccc(F)c3)C2)n1. The van der Waals surface area contributed by atoms with E-state index in [9.17, 15) is 14.0 Å². The van der Waals surface area contributed by atoms with E-state index in [1.807, 2.05) is 5.38 Å². The Kier molecular flexibility index (Phi) is 5.98. The molecular formula is C19H22FN3O2S. The number of hydrogen-bond donors (Lipinski definition) is 1. The van der Waals surface area contributed by atoms with E-state index in [4.69, 9.17) is 0 Å². The maximum Gasteiger partial charge on any atom is 0.253 e. The second-order valence-electron chi connectivity index (χ2n) is 6.51. The molecule has 0 spiro atoms. The quantitative estimate of drug-likeness (QED) is 0.874. The van der Waals surface area contributed by atoms with E-state index < -0.39 is 5.82 Å². The van der Waals surface area contributed by atoms with Crippen LogP contribution < -0.4 is 5.32 Å². The van der Waals surface area contributed by atoms with Gasteiger partial charge in [-0.3, -0.25) is 9.59 Å². The van der Waals surface area contributed by atoms with Crippen LogP contribution in [0.5, 0.6) is 0 Å². The van der Waals surface area contributed by atoms with Crippen LogP contribution in [0.3, 0.4) is 0 Å². The number of amides is 2. The average Bonchev–Trinajstić information content (AvgIpc) is 3.10. The second-order valence-corrected chi connectivity index (χ2v) is 7.40. The number of carbonyl (C=O) groups is 2. The number of hydrogen-bond acceptors (Lipinski definition) is 4. The average molecular weight is 375 g/mol. The lowest BCUT2D eigenvalue weighted by molar-refractivity contribution is -0.118. The van der Waals surface area contributed by atoms with Gasteiger partial charge in [-0.2, -0.15) is 0 Å². The summed E-state index contributed by atoms with van der Waals surface area (Å²) in [5, 5.41) is 5.82. The Morgan fingerprint density at radius 2 is 2.27 bits per heavy atom. The molecule has 1 fully saturated rings. The topological polar surface area (TPSA) is 62.3 Å². The Hall–Kier alpha value is -2.28. The third-order valence-electron chi connectivity index (χ3n) is 4.45. The van der Waals surface area contributed by atoms with Crippen LogP contribution >= 0.6 is 11.3 Å². The zero-order valence-electron chi connectivity index (χ0n) is 14.7. The molecule has 0 aliphatic carbocycles. The number of thiazole rings is 1. The fraction of sp³-hybridized carbons (Fsp3) is 0.421. The first-order valence-electron chi connectivity index (χ1n) is 8.76. The molecule has 1 saturated heterocycles. The van der Waals surface area contributed by atoms with Crippen molar-refractivity contribution in [3.8, 4) is 0 Å². The van der Waals surface area contributed by atoms with Crippen LogP contribution in [0.25, 0.3) is 0 Å². The summed E-state index contributed by atoms with van der Waals surface area (Å²) in [6.07, 6.45) is 2.60. The first kappa shape index (κ1) is 18.5. The van der Waals surface area contributed by atoms with E-state index in [0.29, 0.717) is 31.6 Å². The van der Waals surface area contributed by atoms with Crippen LogP contribution in [-0.2, 0) is 11.2 Å². The molecule has 0 bridgehead atoms. The number of nitrogens with zero attached hydrogens (tertiary/aromatic N) is 2. The van der Waals surface area contributed by atoms with Crippen LogP contribution in [0.15, 0.2) is 29.6 Å². The van der Waals surface area contributed by atoms with Crippen molar-refractivity contribution in [1.29, 1.82) is 0 Å². The van der Waals surface area contributed by atoms with Gasteiger partial charge in [-0.1, -0.05) is 6.07 Å². The Bertz CT molecular complexity index is 793. The first-order chi connectivity index (χ1) is 12.5. The van der Waals surface area contributed by atoms with Gasteiger partial charge in [-0.25, -0.2) is 9.37 Å². The smallest absolute Gasteiger partial charge is 0.253 e. The van der Waals surface area contributed by atoms with Gasteiger partial charge in [0.05, 0.1) is 10.7 Å². The molecule has 2 amide bonds. The van der Waals surface area contributed by atoms with Gasteiger partial charge in [0.25, 0.3) is 5.91 Å². The number of rotatable bonds is 5. The normalized spacial score (nSPS) is 17.2. The van der Waals surface area contributed by atoms with Crippen molar-refractivity contribution in [3.05, 3.63) is 51.7 Å². The molecule has 3 rings (SSSR count). The molecule has 0 saturated carbocycles. The molecule has 2 heterocycles. The lowest BCUT2D eigenvalue weighted by Crippen LogP contribution is -2.39.